The van der Waals surface area contributed by atoms with Gasteiger partial charge in [0.15, 0.2) is 6.10 Å². The molecule has 1 unspecified atom stereocenters. The van der Waals surface area contributed by atoms with Crippen molar-refractivity contribution >= 4 is 25.7 Å². The van der Waals surface area contributed by atoms with E-state index in [2.05, 4.69) is 30.5 Å². The van der Waals surface area contributed by atoms with E-state index < -0.39 is 51.1 Å². The maximum Gasteiger partial charge on any atom is 0.472 e. The molecule has 47 heavy (non-hydrogen) atoms. The Labute approximate surface area is 284 Å². The van der Waals surface area contributed by atoms with Crippen LogP contribution in [-0.2, 0) is 37.5 Å². The molecule has 0 aliphatic rings. The topological polar surface area (TPSA) is 172 Å². The molecule has 0 amide bonds. The first-order valence-electron chi connectivity index (χ1n) is 18.2. The molecule has 276 valence electrons. The van der Waals surface area contributed by atoms with Gasteiger partial charge in [0.1, 0.15) is 12.6 Å². The second-order valence-corrected chi connectivity index (χ2v) is 13.8. The second kappa shape index (κ2) is 31.5. The Morgan fingerprint density at radius 2 is 1.06 bits per heavy atom. The van der Waals surface area contributed by atoms with Crippen molar-refractivity contribution in [3.63, 3.8) is 0 Å². The number of allylic oxidation sites excluding steroid dienone is 2. The molecular formula is C35H66NO10P. The van der Waals surface area contributed by atoms with Gasteiger partial charge in [-0.15, -0.1) is 0 Å². The first-order valence-corrected chi connectivity index (χ1v) is 19.7. The number of carbonyl (C=O) groups excluding carboxylic acids is 2. The highest BCUT2D eigenvalue weighted by molar-refractivity contribution is 7.47. The molecule has 0 rings (SSSR count). The van der Waals surface area contributed by atoms with E-state index >= 15 is 0 Å². The lowest BCUT2D eigenvalue weighted by molar-refractivity contribution is -0.161. The lowest BCUT2D eigenvalue weighted by Crippen LogP contribution is -2.34. The van der Waals surface area contributed by atoms with E-state index in [9.17, 15) is 23.8 Å². The summed E-state index contributed by atoms with van der Waals surface area (Å²) >= 11 is 0. The summed E-state index contributed by atoms with van der Waals surface area (Å²) in [6.07, 6.45) is 27.2. The molecule has 12 heteroatoms. The van der Waals surface area contributed by atoms with Crippen LogP contribution < -0.4 is 5.73 Å². The van der Waals surface area contributed by atoms with Crippen molar-refractivity contribution in [2.24, 2.45) is 5.73 Å². The standard InChI is InChI=1S/C35H66NO10P/c1-3-5-7-9-11-13-15-16-17-19-21-23-25-27-34(38)46-31(29-44-47(41,42)45-30-32(36)35(39)40)28-43-33(37)26-24-22-20-18-14-12-10-8-6-4-2/h13,15,31-32H,3-12,14,16-30,36H2,1-2H3,(H,39,40)(H,41,42)/b15-13-/t31-,32+/m1/s1. The van der Waals surface area contributed by atoms with Crippen LogP contribution in [0.2, 0.25) is 0 Å². The molecule has 0 radical (unpaired) electrons. The van der Waals surface area contributed by atoms with Gasteiger partial charge in [0.25, 0.3) is 0 Å². The highest BCUT2D eigenvalue weighted by Crippen LogP contribution is 2.43. The molecule has 0 saturated carbocycles. The van der Waals surface area contributed by atoms with Crippen molar-refractivity contribution in [2.75, 3.05) is 19.8 Å². The fourth-order valence-electron chi connectivity index (χ4n) is 4.82. The van der Waals surface area contributed by atoms with Gasteiger partial charge in [0.05, 0.1) is 13.2 Å². The van der Waals surface area contributed by atoms with Crippen LogP contribution >= 0.6 is 7.82 Å². The Bertz CT molecular complexity index is 869. The lowest BCUT2D eigenvalue weighted by atomic mass is 10.1. The highest BCUT2D eigenvalue weighted by atomic mass is 31.2. The Balaban J connectivity index is 4.48. The largest absolute Gasteiger partial charge is 0.480 e. The molecule has 11 nitrogen and oxygen atoms in total. The Hall–Kier alpha value is -1.78. The maximum absolute atomic E-state index is 12.5. The third-order valence-electron chi connectivity index (χ3n) is 7.76. The van der Waals surface area contributed by atoms with Gasteiger partial charge in [-0.2, -0.15) is 0 Å². The third kappa shape index (κ3) is 31.3. The maximum atomic E-state index is 12.5. The normalized spacial score (nSPS) is 14.1. The van der Waals surface area contributed by atoms with Gasteiger partial charge >= 0.3 is 25.7 Å². The quantitative estimate of drug-likeness (QED) is 0.0255. The van der Waals surface area contributed by atoms with Crippen LogP contribution in [0.25, 0.3) is 0 Å². The molecule has 0 fully saturated rings. The molecule has 0 bridgehead atoms. The average molecular weight is 692 g/mol. The predicted octanol–water partition coefficient (Wildman–Crippen LogP) is 8.56. The van der Waals surface area contributed by atoms with Crippen molar-refractivity contribution in [3.8, 4) is 0 Å². The van der Waals surface area contributed by atoms with E-state index in [1.165, 1.54) is 64.2 Å². The smallest absolute Gasteiger partial charge is 0.472 e. The fraction of sp³-hybridized carbons (Fsp3) is 0.857. The van der Waals surface area contributed by atoms with Gasteiger partial charge < -0.3 is 25.2 Å². The summed E-state index contributed by atoms with van der Waals surface area (Å²) in [7, 11) is -4.70. The Morgan fingerprint density at radius 3 is 1.57 bits per heavy atom. The summed E-state index contributed by atoms with van der Waals surface area (Å²) in [5, 5.41) is 8.84. The number of phosphoric acid groups is 1. The number of ether oxygens (including phenoxy) is 2. The molecular weight excluding hydrogens is 625 g/mol. The SMILES string of the molecule is CCCCCC/C=C\CCCCCCCC(=O)O[C@H](COC(=O)CCCCCCCCCCCC)COP(=O)(O)OC[C@H](N)C(=O)O. The molecule has 0 saturated heterocycles. The summed E-state index contributed by atoms with van der Waals surface area (Å²) in [6.45, 7) is 2.74. The second-order valence-electron chi connectivity index (χ2n) is 12.4. The van der Waals surface area contributed by atoms with E-state index in [-0.39, 0.29) is 19.4 Å². The van der Waals surface area contributed by atoms with Crippen LogP contribution in [0.4, 0.5) is 0 Å². The molecule has 0 aromatic carbocycles. The molecule has 0 spiro atoms. The Morgan fingerprint density at radius 1 is 0.638 bits per heavy atom. The number of hydrogen-bond acceptors (Lipinski definition) is 9. The number of phosphoric ester groups is 1. The van der Waals surface area contributed by atoms with Crippen molar-refractivity contribution < 1.29 is 47.5 Å². The molecule has 0 aromatic heterocycles. The van der Waals surface area contributed by atoms with Crippen LogP contribution in [-0.4, -0.2) is 59.9 Å². The minimum atomic E-state index is -4.70. The first-order chi connectivity index (χ1) is 22.6. The van der Waals surface area contributed by atoms with Crippen molar-refractivity contribution in [1.82, 2.24) is 0 Å². The van der Waals surface area contributed by atoms with Crippen LogP contribution in [0.3, 0.4) is 0 Å². The number of esters is 2. The van der Waals surface area contributed by atoms with Crippen molar-refractivity contribution in [1.29, 1.82) is 0 Å². The zero-order chi connectivity index (χ0) is 35.0. The van der Waals surface area contributed by atoms with Gasteiger partial charge in [-0.1, -0.05) is 122 Å². The van der Waals surface area contributed by atoms with Gasteiger partial charge in [-0.25, -0.2) is 4.57 Å². The number of carbonyl (C=O) groups is 3. The minimum Gasteiger partial charge on any atom is -0.480 e. The molecule has 0 heterocycles. The van der Waals surface area contributed by atoms with E-state index in [4.69, 9.17) is 24.8 Å². The zero-order valence-electron chi connectivity index (χ0n) is 29.4. The van der Waals surface area contributed by atoms with Crippen LogP contribution in [0, 0.1) is 0 Å². The summed E-state index contributed by atoms with van der Waals surface area (Å²) < 4.78 is 32.5. The van der Waals surface area contributed by atoms with Crippen LogP contribution in [0.5, 0.6) is 0 Å². The van der Waals surface area contributed by atoms with Crippen molar-refractivity contribution in [3.05, 3.63) is 12.2 Å². The number of nitrogens with two attached hydrogens (primary N) is 1. The Kier molecular flexibility index (Phi) is 30.3. The molecule has 3 atom stereocenters. The fourth-order valence-corrected chi connectivity index (χ4v) is 5.60. The van der Waals surface area contributed by atoms with Gasteiger partial charge in [-0.3, -0.25) is 23.4 Å². The van der Waals surface area contributed by atoms with Gasteiger partial charge in [0, 0.05) is 12.8 Å². The molecule has 0 aromatic rings. The number of rotatable bonds is 34. The summed E-state index contributed by atoms with van der Waals surface area (Å²) in [5.74, 6) is -2.39. The number of hydrogen-bond donors (Lipinski definition) is 3. The predicted molar refractivity (Wildman–Crippen MR) is 185 cm³/mol. The van der Waals surface area contributed by atoms with E-state index in [0.29, 0.717) is 12.8 Å². The lowest BCUT2D eigenvalue weighted by Gasteiger charge is -2.20. The van der Waals surface area contributed by atoms with E-state index in [1.807, 2.05) is 0 Å². The number of carboxylic acid groups (broad SMARTS) is 1. The summed E-state index contributed by atoms with van der Waals surface area (Å²) in [5.41, 5.74) is 5.30. The zero-order valence-corrected chi connectivity index (χ0v) is 30.3. The highest BCUT2D eigenvalue weighted by Gasteiger charge is 2.28. The average Bonchev–Trinajstić information content (AvgIpc) is 3.04. The van der Waals surface area contributed by atoms with Gasteiger partial charge in [0.2, 0.25) is 0 Å². The molecule has 0 aliphatic heterocycles. The number of unbranched alkanes of at least 4 members (excludes halogenated alkanes) is 18. The van der Waals surface area contributed by atoms with E-state index in [1.54, 1.807) is 0 Å². The third-order valence-corrected chi connectivity index (χ3v) is 8.71. The number of carboxylic acids is 1. The van der Waals surface area contributed by atoms with Crippen LogP contribution in [0.15, 0.2) is 12.2 Å². The monoisotopic (exact) mass is 691 g/mol. The summed E-state index contributed by atoms with van der Waals surface area (Å²) in [4.78, 5) is 45.6. The molecule has 0 aliphatic carbocycles. The summed E-state index contributed by atoms with van der Waals surface area (Å²) in [6, 6.07) is -1.52. The van der Waals surface area contributed by atoms with Gasteiger partial charge in [-0.05, 0) is 38.5 Å². The van der Waals surface area contributed by atoms with E-state index in [0.717, 1.165) is 57.8 Å². The van der Waals surface area contributed by atoms with Crippen molar-refractivity contribution in [2.45, 2.75) is 174 Å². The number of aliphatic carboxylic acids is 1. The van der Waals surface area contributed by atoms with Crippen LogP contribution in [0.1, 0.15) is 162 Å². The molecule has 4 N–H and O–H groups in total. The first kappa shape index (κ1) is 45.2. The minimum absolute atomic E-state index is 0.154.